The second-order valence-electron chi connectivity index (χ2n) is 3.53. The first-order valence-corrected chi connectivity index (χ1v) is 4.92. The van der Waals surface area contributed by atoms with Gasteiger partial charge in [0.1, 0.15) is 0 Å². The summed E-state index contributed by atoms with van der Waals surface area (Å²) < 4.78 is 5.12. The number of hydrogen-bond donors (Lipinski definition) is 1. The van der Waals surface area contributed by atoms with Crippen LogP contribution in [-0.2, 0) is 9.53 Å². The van der Waals surface area contributed by atoms with Crippen LogP contribution in [0.2, 0.25) is 0 Å². The number of carboxylic acid groups (broad SMARTS) is 1. The Balaban J connectivity index is 3.39. The van der Waals surface area contributed by atoms with E-state index in [4.69, 9.17) is 9.84 Å². The van der Waals surface area contributed by atoms with Gasteiger partial charge in [-0.2, -0.15) is 0 Å². The van der Waals surface area contributed by atoms with Gasteiger partial charge in [-0.05, 0) is 19.3 Å². The fourth-order valence-electron chi connectivity index (χ4n) is 1.15. The van der Waals surface area contributed by atoms with Crippen molar-refractivity contribution in [2.24, 2.45) is 5.92 Å². The summed E-state index contributed by atoms with van der Waals surface area (Å²) in [5.41, 5.74) is 0. The molecule has 0 amide bonds. The fraction of sp³-hybridized carbons (Fsp3) is 0.900. The highest BCUT2D eigenvalue weighted by Gasteiger charge is 2.10. The molecule has 0 radical (unpaired) electrons. The van der Waals surface area contributed by atoms with Crippen molar-refractivity contribution < 1.29 is 14.6 Å². The first-order valence-electron chi connectivity index (χ1n) is 4.92. The van der Waals surface area contributed by atoms with Crippen LogP contribution in [0.25, 0.3) is 0 Å². The van der Waals surface area contributed by atoms with Gasteiger partial charge in [-0.3, -0.25) is 0 Å². The lowest BCUT2D eigenvalue weighted by molar-refractivity contribution is -0.149. The van der Waals surface area contributed by atoms with Crippen LogP contribution in [-0.4, -0.2) is 23.8 Å². The van der Waals surface area contributed by atoms with E-state index in [0.717, 1.165) is 6.42 Å². The molecule has 0 saturated carbocycles. The average molecular weight is 188 g/mol. The van der Waals surface area contributed by atoms with Crippen LogP contribution in [0.3, 0.4) is 0 Å². The molecule has 0 spiro atoms. The molecular weight excluding hydrogens is 168 g/mol. The minimum atomic E-state index is -0.886. The van der Waals surface area contributed by atoms with Gasteiger partial charge >= 0.3 is 5.97 Å². The zero-order chi connectivity index (χ0) is 10.3. The Morgan fingerprint density at radius 3 is 2.46 bits per heavy atom. The molecular formula is C10H20O3. The monoisotopic (exact) mass is 188 g/mol. The molecule has 3 heteroatoms. The van der Waals surface area contributed by atoms with Crippen LogP contribution < -0.4 is 0 Å². The van der Waals surface area contributed by atoms with Crippen molar-refractivity contribution in [3.63, 3.8) is 0 Å². The van der Waals surface area contributed by atoms with Gasteiger partial charge in [-0.1, -0.05) is 26.7 Å². The topological polar surface area (TPSA) is 46.5 Å². The normalized spacial score (nSPS) is 15.3. The van der Waals surface area contributed by atoms with Crippen LogP contribution in [0.4, 0.5) is 0 Å². The van der Waals surface area contributed by atoms with Gasteiger partial charge in [0.05, 0.1) is 0 Å². The molecule has 0 aromatic carbocycles. The Hall–Kier alpha value is -0.570. The van der Waals surface area contributed by atoms with E-state index in [-0.39, 0.29) is 0 Å². The van der Waals surface area contributed by atoms with Crippen molar-refractivity contribution in [1.29, 1.82) is 0 Å². The maximum absolute atomic E-state index is 10.4. The molecule has 0 saturated heterocycles. The molecule has 3 nitrogen and oxygen atoms in total. The molecule has 0 bridgehead atoms. The molecule has 2 unspecified atom stereocenters. The molecule has 0 aromatic heterocycles. The summed E-state index contributed by atoms with van der Waals surface area (Å²) in [6, 6.07) is 0. The van der Waals surface area contributed by atoms with Crippen molar-refractivity contribution in [1.82, 2.24) is 0 Å². The van der Waals surface area contributed by atoms with Crippen LogP contribution in [0, 0.1) is 5.92 Å². The Morgan fingerprint density at radius 1 is 1.38 bits per heavy atom. The third kappa shape index (κ3) is 6.58. The van der Waals surface area contributed by atoms with Gasteiger partial charge in [0.15, 0.2) is 6.10 Å². The number of rotatable bonds is 7. The van der Waals surface area contributed by atoms with Gasteiger partial charge in [0.25, 0.3) is 0 Å². The smallest absolute Gasteiger partial charge is 0.332 e. The van der Waals surface area contributed by atoms with E-state index >= 15 is 0 Å². The molecule has 2 atom stereocenters. The molecule has 78 valence electrons. The lowest BCUT2D eigenvalue weighted by atomic mass is 10.0. The molecule has 0 fully saturated rings. The van der Waals surface area contributed by atoms with Gasteiger partial charge in [-0.25, -0.2) is 4.79 Å². The summed E-state index contributed by atoms with van der Waals surface area (Å²) in [5, 5.41) is 8.53. The minimum absolute atomic E-state index is 0.550. The highest BCUT2D eigenvalue weighted by atomic mass is 16.5. The third-order valence-electron chi connectivity index (χ3n) is 2.11. The zero-order valence-electron chi connectivity index (χ0n) is 8.75. The predicted molar refractivity (Wildman–Crippen MR) is 51.7 cm³/mol. The first kappa shape index (κ1) is 12.4. The molecule has 0 rings (SSSR count). The summed E-state index contributed by atoms with van der Waals surface area (Å²) in [6.07, 6.45) is 2.64. The second-order valence-corrected chi connectivity index (χ2v) is 3.53. The molecule has 0 heterocycles. The minimum Gasteiger partial charge on any atom is -0.479 e. The Bertz CT molecular complexity index is 145. The standard InChI is InChI=1S/C10H20O3/c1-4-5-8(2)6-7-13-9(3)10(11)12/h8-9H,4-7H2,1-3H3,(H,11,12). The van der Waals surface area contributed by atoms with E-state index in [0.29, 0.717) is 12.5 Å². The van der Waals surface area contributed by atoms with Gasteiger partial charge in [0, 0.05) is 6.61 Å². The SMILES string of the molecule is CCCC(C)CCOC(C)C(=O)O. The van der Waals surface area contributed by atoms with E-state index in [1.165, 1.54) is 12.8 Å². The molecule has 0 aliphatic rings. The van der Waals surface area contributed by atoms with Crippen LogP contribution in [0.15, 0.2) is 0 Å². The molecule has 0 aromatic rings. The lowest BCUT2D eigenvalue weighted by Gasteiger charge is -2.12. The van der Waals surface area contributed by atoms with E-state index in [9.17, 15) is 4.79 Å². The van der Waals surface area contributed by atoms with Gasteiger partial charge in [0.2, 0.25) is 0 Å². The highest BCUT2D eigenvalue weighted by molar-refractivity contribution is 5.71. The number of hydrogen-bond acceptors (Lipinski definition) is 2. The number of aliphatic carboxylic acids is 1. The zero-order valence-corrected chi connectivity index (χ0v) is 8.75. The van der Waals surface area contributed by atoms with Crippen molar-refractivity contribution in [3.8, 4) is 0 Å². The second kappa shape index (κ2) is 6.89. The van der Waals surface area contributed by atoms with Gasteiger partial charge < -0.3 is 9.84 Å². The number of ether oxygens (including phenoxy) is 1. The Labute approximate surface area is 80.1 Å². The van der Waals surface area contributed by atoms with E-state index in [1.54, 1.807) is 6.92 Å². The summed E-state index contributed by atoms with van der Waals surface area (Å²) in [4.78, 5) is 10.4. The van der Waals surface area contributed by atoms with Gasteiger partial charge in [-0.15, -0.1) is 0 Å². The number of carbonyl (C=O) groups is 1. The molecule has 13 heavy (non-hydrogen) atoms. The van der Waals surface area contributed by atoms with Crippen LogP contribution >= 0.6 is 0 Å². The maximum atomic E-state index is 10.4. The largest absolute Gasteiger partial charge is 0.479 e. The first-order chi connectivity index (χ1) is 6.07. The van der Waals surface area contributed by atoms with E-state index in [2.05, 4.69) is 13.8 Å². The van der Waals surface area contributed by atoms with Crippen LogP contribution in [0.5, 0.6) is 0 Å². The highest BCUT2D eigenvalue weighted by Crippen LogP contribution is 2.10. The van der Waals surface area contributed by atoms with Crippen molar-refractivity contribution in [3.05, 3.63) is 0 Å². The predicted octanol–water partition coefficient (Wildman–Crippen LogP) is 2.30. The Kier molecular flexibility index (Phi) is 6.59. The van der Waals surface area contributed by atoms with E-state index < -0.39 is 12.1 Å². The number of carboxylic acids is 1. The summed E-state index contributed by atoms with van der Waals surface area (Å²) >= 11 is 0. The van der Waals surface area contributed by atoms with Crippen LogP contribution in [0.1, 0.15) is 40.0 Å². The lowest BCUT2D eigenvalue weighted by Crippen LogP contribution is -2.20. The summed E-state index contributed by atoms with van der Waals surface area (Å²) in [5.74, 6) is -0.255. The molecule has 0 aliphatic carbocycles. The molecule has 0 aliphatic heterocycles. The Morgan fingerprint density at radius 2 is 2.00 bits per heavy atom. The quantitative estimate of drug-likeness (QED) is 0.666. The fourth-order valence-corrected chi connectivity index (χ4v) is 1.15. The molecule has 1 N–H and O–H groups in total. The summed E-state index contributed by atoms with van der Waals surface area (Å²) in [7, 11) is 0. The summed E-state index contributed by atoms with van der Waals surface area (Å²) in [6.45, 7) is 6.43. The van der Waals surface area contributed by atoms with Crippen molar-refractivity contribution in [2.75, 3.05) is 6.61 Å². The van der Waals surface area contributed by atoms with Crippen molar-refractivity contribution >= 4 is 5.97 Å². The third-order valence-corrected chi connectivity index (χ3v) is 2.11. The van der Waals surface area contributed by atoms with Crippen molar-refractivity contribution in [2.45, 2.75) is 46.1 Å². The maximum Gasteiger partial charge on any atom is 0.332 e. The van der Waals surface area contributed by atoms with E-state index in [1.807, 2.05) is 0 Å². The average Bonchev–Trinajstić information content (AvgIpc) is 2.04.